The van der Waals surface area contributed by atoms with Crippen LogP contribution in [0.25, 0.3) is 11.1 Å². The largest absolute Gasteiger partial charge is 0.458 e. The van der Waals surface area contributed by atoms with Crippen LogP contribution in [0.3, 0.4) is 0 Å². The van der Waals surface area contributed by atoms with Crippen molar-refractivity contribution in [1.29, 1.82) is 0 Å². The van der Waals surface area contributed by atoms with Crippen LogP contribution in [0.2, 0.25) is 5.02 Å². The third kappa shape index (κ3) is 5.82. The third-order valence-electron chi connectivity index (χ3n) is 5.75. The summed E-state index contributed by atoms with van der Waals surface area (Å²) >= 11 is 5.77. The van der Waals surface area contributed by atoms with E-state index in [1.165, 1.54) is 12.1 Å². The second-order valence-corrected chi connectivity index (χ2v) is 9.92. The summed E-state index contributed by atoms with van der Waals surface area (Å²) < 4.78 is 25.0. The Morgan fingerprint density at radius 3 is 2.17 bits per heavy atom. The monoisotopic (exact) mass is 495 g/mol. The van der Waals surface area contributed by atoms with Crippen molar-refractivity contribution in [3.63, 3.8) is 0 Å². The molecule has 0 fully saturated rings. The standard InChI is InChI=1S/C28H27ClFNO4/c1-28(2,3)35-26(32)25(15-17-12-13-23(29)24(30)14-17)31-27(33)34-16-22-20-10-6-4-8-18(20)19-9-5-7-11-21(19)22/h4-14,22,25H,15-16H2,1-3H3,(H,31,33)/t25-/m0/s1. The van der Waals surface area contributed by atoms with Crippen molar-refractivity contribution < 1.29 is 23.5 Å². The number of esters is 1. The van der Waals surface area contributed by atoms with Crippen LogP contribution in [0.15, 0.2) is 66.7 Å². The lowest BCUT2D eigenvalue weighted by molar-refractivity contribution is -0.157. The molecule has 0 saturated carbocycles. The fourth-order valence-electron chi connectivity index (χ4n) is 4.25. The van der Waals surface area contributed by atoms with Crippen LogP contribution in [0.5, 0.6) is 0 Å². The highest BCUT2D eigenvalue weighted by Gasteiger charge is 2.31. The quantitative estimate of drug-likeness (QED) is 0.409. The van der Waals surface area contributed by atoms with Crippen LogP contribution < -0.4 is 5.32 Å². The molecule has 3 aromatic carbocycles. The maximum absolute atomic E-state index is 13.9. The minimum Gasteiger partial charge on any atom is -0.458 e. The van der Waals surface area contributed by atoms with Gasteiger partial charge in [0.1, 0.15) is 24.1 Å². The molecule has 0 radical (unpaired) electrons. The Balaban J connectivity index is 1.48. The van der Waals surface area contributed by atoms with E-state index in [1.54, 1.807) is 26.8 Å². The Labute approximate surface area is 209 Å². The summed E-state index contributed by atoms with van der Waals surface area (Å²) in [6.07, 6.45) is -0.732. The number of alkyl carbamates (subject to hydrolysis) is 1. The third-order valence-corrected chi connectivity index (χ3v) is 6.06. The Morgan fingerprint density at radius 1 is 1.00 bits per heavy atom. The van der Waals surface area contributed by atoms with E-state index in [1.807, 2.05) is 36.4 Å². The topological polar surface area (TPSA) is 64.6 Å². The average Bonchev–Trinajstić information content (AvgIpc) is 3.12. The molecule has 35 heavy (non-hydrogen) atoms. The van der Waals surface area contributed by atoms with Gasteiger partial charge < -0.3 is 14.8 Å². The highest BCUT2D eigenvalue weighted by molar-refractivity contribution is 6.30. The molecule has 1 N–H and O–H groups in total. The summed E-state index contributed by atoms with van der Waals surface area (Å²) in [7, 11) is 0. The SMILES string of the molecule is CC(C)(C)OC(=O)[C@H](Cc1ccc(Cl)c(F)c1)NC(=O)OCC1c2ccccc2-c2ccccc21. The van der Waals surface area contributed by atoms with E-state index in [9.17, 15) is 14.0 Å². The molecule has 0 heterocycles. The van der Waals surface area contributed by atoms with Gasteiger partial charge in [-0.3, -0.25) is 0 Å². The summed E-state index contributed by atoms with van der Waals surface area (Å²) in [6, 6.07) is 19.2. The average molecular weight is 496 g/mol. The van der Waals surface area contributed by atoms with E-state index in [-0.39, 0.29) is 24.0 Å². The summed E-state index contributed by atoms with van der Waals surface area (Å²) in [5, 5.41) is 2.58. The molecule has 0 saturated heterocycles. The fraction of sp³-hybridized carbons (Fsp3) is 0.286. The Kier molecular flexibility index (Phi) is 7.13. The summed E-state index contributed by atoms with van der Waals surface area (Å²) in [4.78, 5) is 25.6. The van der Waals surface area contributed by atoms with Gasteiger partial charge in [0.05, 0.1) is 5.02 Å². The molecule has 1 aliphatic rings. The maximum Gasteiger partial charge on any atom is 0.407 e. The predicted molar refractivity (Wildman–Crippen MR) is 133 cm³/mol. The number of fused-ring (bicyclic) bond motifs is 3. The molecule has 5 nitrogen and oxygen atoms in total. The van der Waals surface area contributed by atoms with Gasteiger partial charge in [-0.1, -0.05) is 66.2 Å². The zero-order chi connectivity index (χ0) is 25.2. The molecule has 1 amide bonds. The first-order chi connectivity index (χ1) is 16.6. The lowest BCUT2D eigenvalue weighted by atomic mass is 9.98. The molecule has 0 aliphatic heterocycles. The van der Waals surface area contributed by atoms with E-state index in [0.717, 1.165) is 22.3 Å². The second-order valence-electron chi connectivity index (χ2n) is 9.51. The van der Waals surface area contributed by atoms with Crippen LogP contribution in [0.4, 0.5) is 9.18 Å². The fourth-order valence-corrected chi connectivity index (χ4v) is 4.37. The van der Waals surface area contributed by atoms with Gasteiger partial charge in [-0.2, -0.15) is 0 Å². The molecule has 3 aromatic rings. The van der Waals surface area contributed by atoms with Crippen molar-refractivity contribution in [2.75, 3.05) is 6.61 Å². The van der Waals surface area contributed by atoms with E-state index >= 15 is 0 Å². The van der Waals surface area contributed by atoms with Crippen LogP contribution >= 0.6 is 11.6 Å². The molecular weight excluding hydrogens is 469 g/mol. The van der Waals surface area contributed by atoms with Gasteiger partial charge in [-0.15, -0.1) is 0 Å². The summed E-state index contributed by atoms with van der Waals surface area (Å²) in [6.45, 7) is 5.31. The normalized spacial score (nSPS) is 13.5. The second kappa shape index (κ2) is 10.1. The molecule has 182 valence electrons. The van der Waals surface area contributed by atoms with Gasteiger partial charge in [-0.05, 0) is 60.7 Å². The van der Waals surface area contributed by atoms with Crippen molar-refractivity contribution in [1.82, 2.24) is 5.32 Å². The number of halogens is 2. The molecule has 0 bridgehead atoms. The number of ether oxygens (including phenoxy) is 2. The summed E-state index contributed by atoms with van der Waals surface area (Å²) in [5.74, 6) is -1.35. The smallest absolute Gasteiger partial charge is 0.407 e. The molecular formula is C28H27ClFNO4. The number of hydrogen-bond donors (Lipinski definition) is 1. The van der Waals surface area contributed by atoms with Gasteiger partial charge in [0.2, 0.25) is 0 Å². The Bertz CT molecular complexity index is 1210. The number of rotatable bonds is 6. The Hall–Kier alpha value is -3.38. The number of carbonyl (C=O) groups excluding carboxylic acids is 2. The van der Waals surface area contributed by atoms with Crippen LogP contribution in [0.1, 0.15) is 43.4 Å². The van der Waals surface area contributed by atoms with Crippen molar-refractivity contribution >= 4 is 23.7 Å². The van der Waals surface area contributed by atoms with Crippen LogP contribution in [-0.2, 0) is 20.7 Å². The number of amides is 1. The Morgan fingerprint density at radius 2 is 1.60 bits per heavy atom. The van der Waals surface area contributed by atoms with Crippen molar-refractivity contribution in [3.8, 4) is 11.1 Å². The highest BCUT2D eigenvalue weighted by Crippen LogP contribution is 2.44. The first-order valence-corrected chi connectivity index (χ1v) is 11.8. The number of hydrogen-bond acceptors (Lipinski definition) is 4. The molecule has 1 atom stereocenters. The van der Waals surface area contributed by atoms with E-state index < -0.39 is 29.5 Å². The maximum atomic E-state index is 13.9. The predicted octanol–water partition coefficient (Wildman–Crippen LogP) is 6.27. The lowest BCUT2D eigenvalue weighted by Crippen LogP contribution is -2.46. The molecule has 0 aromatic heterocycles. The van der Waals surface area contributed by atoms with Gasteiger partial charge in [-0.25, -0.2) is 14.0 Å². The van der Waals surface area contributed by atoms with E-state index in [2.05, 4.69) is 17.4 Å². The zero-order valence-electron chi connectivity index (χ0n) is 19.8. The van der Waals surface area contributed by atoms with Crippen molar-refractivity contribution in [2.24, 2.45) is 0 Å². The minimum atomic E-state index is -1.06. The van der Waals surface area contributed by atoms with Crippen LogP contribution in [-0.4, -0.2) is 30.3 Å². The number of carbonyl (C=O) groups is 2. The molecule has 1 aliphatic carbocycles. The van der Waals surface area contributed by atoms with Gasteiger partial charge in [0.25, 0.3) is 0 Å². The van der Waals surface area contributed by atoms with Gasteiger partial charge >= 0.3 is 12.1 Å². The zero-order valence-corrected chi connectivity index (χ0v) is 20.6. The minimum absolute atomic E-state index is 0.0210. The first kappa shape index (κ1) is 24.7. The van der Waals surface area contributed by atoms with E-state index in [4.69, 9.17) is 21.1 Å². The van der Waals surface area contributed by atoms with Crippen molar-refractivity contribution in [2.45, 2.75) is 44.8 Å². The van der Waals surface area contributed by atoms with E-state index in [0.29, 0.717) is 5.56 Å². The van der Waals surface area contributed by atoms with Gasteiger partial charge in [0, 0.05) is 12.3 Å². The lowest BCUT2D eigenvalue weighted by Gasteiger charge is -2.25. The molecule has 7 heteroatoms. The number of benzene rings is 3. The van der Waals surface area contributed by atoms with Gasteiger partial charge in [0.15, 0.2) is 0 Å². The molecule has 0 spiro atoms. The first-order valence-electron chi connectivity index (χ1n) is 11.4. The number of nitrogens with one attached hydrogen (secondary N) is 1. The van der Waals surface area contributed by atoms with Crippen LogP contribution in [0, 0.1) is 5.82 Å². The highest BCUT2D eigenvalue weighted by atomic mass is 35.5. The van der Waals surface area contributed by atoms with Crippen molar-refractivity contribution in [3.05, 3.63) is 94.3 Å². The molecule has 0 unspecified atom stereocenters. The molecule has 4 rings (SSSR count). The summed E-state index contributed by atoms with van der Waals surface area (Å²) in [5.41, 5.74) is 4.14.